The quantitative estimate of drug-likeness (QED) is 0.688. The molecule has 1 aromatic rings. The Balaban J connectivity index is 2.31. The zero-order valence-corrected chi connectivity index (χ0v) is 8.53. The van der Waals surface area contributed by atoms with Crippen molar-refractivity contribution < 1.29 is 0 Å². The van der Waals surface area contributed by atoms with Crippen molar-refractivity contribution in [3.8, 4) is 0 Å². The second kappa shape index (κ2) is 4.23. The third-order valence-corrected chi connectivity index (χ3v) is 2.59. The highest BCUT2D eigenvalue weighted by Crippen LogP contribution is 2.23. The van der Waals surface area contributed by atoms with Crippen molar-refractivity contribution in [3.05, 3.63) is 47.8 Å². The minimum atomic E-state index is 1.06. The molecule has 1 nitrogen and oxygen atoms in total. The van der Waals surface area contributed by atoms with E-state index in [1.165, 1.54) is 16.7 Å². The molecular weight excluding hydrogens is 170 g/mol. The molecular formula is C13H15N. The molecule has 1 aliphatic rings. The fraction of sp³-hybridized carbons (Fsp3) is 0.308. The summed E-state index contributed by atoms with van der Waals surface area (Å²) in [5.41, 5.74) is 4.02. The van der Waals surface area contributed by atoms with Gasteiger partial charge < -0.3 is 0 Å². The minimum absolute atomic E-state index is 1.06. The molecule has 0 saturated heterocycles. The smallest absolute Gasteiger partial charge is 0.0343 e. The molecule has 0 N–H and O–H groups in total. The molecule has 1 aromatic heterocycles. The number of hydrogen-bond donors (Lipinski definition) is 0. The molecule has 0 aliphatic heterocycles. The Kier molecular flexibility index (Phi) is 2.78. The first-order valence-electron chi connectivity index (χ1n) is 5.20. The van der Waals surface area contributed by atoms with E-state index in [0.717, 1.165) is 19.3 Å². The van der Waals surface area contributed by atoms with E-state index in [2.05, 4.69) is 36.2 Å². The maximum absolute atomic E-state index is 4.27. The second-order valence-corrected chi connectivity index (χ2v) is 3.59. The molecule has 1 aliphatic carbocycles. The van der Waals surface area contributed by atoms with E-state index in [1.807, 2.05) is 12.4 Å². The second-order valence-electron chi connectivity index (χ2n) is 3.59. The van der Waals surface area contributed by atoms with Crippen LogP contribution in [0.15, 0.2) is 36.7 Å². The van der Waals surface area contributed by atoms with Gasteiger partial charge in [0, 0.05) is 12.4 Å². The van der Waals surface area contributed by atoms with Gasteiger partial charge in [-0.25, -0.2) is 0 Å². The average Bonchev–Trinajstić information content (AvgIpc) is 2.30. The summed E-state index contributed by atoms with van der Waals surface area (Å²) >= 11 is 0. The molecule has 0 spiro atoms. The van der Waals surface area contributed by atoms with Gasteiger partial charge in [-0.15, -0.1) is 0 Å². The van der Waals surface area contributed by atoms with Crippen LogP contribution in [0.2, 0.25) is 0 Å². The molecule has 0 radical (unpaired) electrons. The predicted molar refractivity (Wildman–Crippen MR) is 60.0 cm³/mol. The minimum Gasteiger partial charge on any atom is -0.264 e. The van der Waals surface area contributed by atoms with Gasteiger partial charge in [0.1, 0.15) is 0 Å². The van der Waals surface area contributed by atoms with Crippen LogP contribution in [-0.4, -0.2) is 4.98 Å². The molecule has 1 heteroatoms. The lowest BCUT2D eigenvalue weighted by atomic mass is 9.97. The normalized spacial score (nSPS) is 15.4. The van der Waals surface area contributed by atoms with Crippen LogP contribution < -0.4 is 0 Å². The predicted octanol–water partition coefficient (Wildman–Crippen LogP) is 3.38. The van der Waals surface area contributed by atoms with Crippen LogP contribution in [0.4, 0.5) is 0 Å². The number of nitrogens with zero attached hydrogens (tertiary/aromatic N) is 1. The maximum atomic E-state index is 4.27. The highest BCUT2D eigenvalue weighted by molar-refractivity contribution is 5.67. The molecule has 0 unspecified atom stereocenters. The highest BCUT2D eigenvalue weighted by atomic mass is 14.6. The standard InChI is InChI=1S/C13H15N/c1-2-11-8-13(10-14-9-11)12-6-4-3-5-7-12/h3-4,6,8-10H,2,5,7H2,1H3. The Morgan fingerprint density at radius 1 is 1.36 bits per heavy atom. The summed E-state index contributed by atoms with van der Waals surface area (Å²) < 4.78 is 0. The first-order chi connectivity index (χ1) is 6.90. The Morgan fingerprint density at radius 2 is 2.29 bits per heavy atom. The number of hydrogen-bond acceptors (Lipinski definition) is 1. The van der Waals surface area contributed by atoms with E-state index in [9.17, 15) is 0 Å². The van der Waals surface area contributed by atoms with Crippen molar-refractivity contribution >= 4 is 5.57 Å². The largest absolute Gasteiger partial charge is 0.264 e. The number of pyridine rings is 1. The Morgan fingerprint density at radius 3 is 3.00 bits per heavy atom. The first kappa shape index (κ1) is 9.20. The van der Waals surface area contributed by atoms with Crippen molar-refractivity contribution in [2.75, 3.05) is 0 Å². The van der Waals surface area contributed by atoms with Crippen molar-refractivity contribution in [1.82, 2.24) is 4.98 Å². The van der Waals surface area contributed by atoms with Gasteiger partial charge in [-0.05, 0) is 42.0 Å². The first-order valence-corrected chi connectivity index (χ1v) is 5.20. The van der Waals surface area contributed by atoms with Gasteiger partial charge in [0.2, 0.25) is 0 Å². The molecule has 0 amide bonds. The fourth-order valence-electron chi connectivity index (χ4n) is 1.70. The molecule has 2 rings (SSSR count). The van der Waals surface area contributed by atoms with Gasteiger partial charge in [0.05, 0.1) is 0 Å². The monoisotopic (exact) mass is 185 g/mol. The zero-order valence-electron chi connectivity index (χ0n) is 8.53. The Bertz CT molecular complexity index is 375. The summed E-state index contributed by atoms with van der Waals surface area (Å²) in [5.74, 6) is 0. The number of aromatic nitrogens is 1. The number of rotatable bonds is 2. The molecule has 0 fully saturated rings. The summed E-state index contributed by atoms with van der Waals surface area (Å²) in [4.78, 5) is 4.27. The van der Waals surface area contributed by atoms with E-state index >= 15 is 0 Å². The lowest BCUT2D eigenvalue weighted by molar-refractivity contribution is 1.04. The van der Waals surface area contributed by atoms with Gasteiger partial charge in [0.25, 0.3) is 0 Å². The van der Waals surface area contributed by atoms with Crippen LogP contribution in [0.5, 0.6) is 0 Å². The van der Waals surface area contributed by atoms with E-state index < -0.39 is 0 Å². The maximum Gasteiger partial charge on any atom is 0.0343 e. The van der Waals surface area contributed by atoms with Crippen LogP contribution in [0.25, 0.3) is 5.57 Å². The number of aryl methyl sites for hydroxylation is 1. The average molecular weight is 185 g/mol. The van der Waals surface area contributed by atoms with Crippen LogP contribution in [-0.2, 0) is 6.42 Å². The van der Waals surface area contributed by atoms with Gasteiger partial charge in [0.15, 0.2) is 0 Å². The summed E-state index contributed by atoms with van der Waals surface area (Å²) in [7, 11) is 0. The molecule has 0 saturated carbocycles. The van der Waals surface area contributed by atoms with E-state index in [1.54, 1.807) is 0 Å². The van der Waals surface area contributed by atoms with E-state index in [4.69, 9.17) is 0 Å². The van der Waals surface area contributed by atoms with Crippen molar-refractivity contribution in [2.24, 2.45) is 0 Å². The third kappa shape index (κ3) is 1.92. The molecule has 0 bridgehead atoms. The van der Waals surface area contributed by atoms with Gasteiger partial charge in [-0.2, -0.15) is 0 Å². The van der Waals surface area contributed by atoms with Crippen molar-refractivity contribution in [1.29, 1.82) is 0 Å². The molecule has 0 aromatic carbocycles. The van der Waals surface area contributed by atoms with E-state index in [-0.39, 0.29) is 0 Å². The zero-order chi connectivity index (χ0) is 9.80. The van der Waals surface area contributed by atoms with Gasteiger partial charge in [-0.1, -0.05) is 25.2 Å². The Hall–Kier alpha value is -1.37. The fourth-order valence-corrected chi connectivity index (χ4v) is 1.70. The van der Waals surface area contributed by atoms with Gasteiger partial charge in [-0.3, -0.25) is 4.98 Å². The molecule has 0 atom stereocenters. The van der Waals surface area contributed by atoms with Crippen LogP contribution in [0.3, 0.4) is 0 Å². The van der Waals surface area contributed by atoms with Crippen molar-refractivity contribution in [2.45, 2.75) is 26.2 Å². The SMILES string of the molecule is CCc1cncc(C2=CC=CCC2)c1. The molecule has 1 heterocycles. The lowest BCUT2D eigenvalue weighted by Crippen LogP contribution is -1.91. The number of allylic oxidation sites excluding steroid dienone is 4. The molecule has 14 heavy (non-hydrogen) atoms. The van der Waals surface area contributed by atoms with Crippen molar-refractivity contribution in [3.63, 3.8) is 0 Å². The summed E-state index contributed by atoms with van der Waals surface area (Å²) in [6.45, 7) is 2.16. The summed E-state index contributed by atoms with van der Waals surface area (Å²) in [6.07, 6.45) is 13.8. The lowest BCUT2D eigenvalue weighted by Gasteiger charge is -2.09. The summed E-state index contributed by atoms with van der Waals surface area (Å²) in [6, 6.07) is 2.25. The third-order valence-electron chi connectivity index (χ3n) is 2.59. The highest BCUT2D eigenvalue weighted by Gasteiger charge is 2.03. The van der Waals surface area contributed by atoms with Gasteiger partial charge >= 0.3 is 0 Å². The Labute approximate surface area is 85.2 Å². The van der Waals surface area contributed by atoms with Crippen LogP contribution in [0, 0.1) is 0 Å². The van der Waals surface area contributed by atoms with E-state index in [0.29, 0.717) is 0 Å². The van der Waals surface area contributed by atoms with Crippen LogP contribution >= 0.6 is 0 Å². The topological polar surface area (TPSA) is 12.9 Å². The molecule has 72 valence electrons. The summed E-state index contributed by atoms with van der Waals surface area (Å²) in [5, 5.41) is 0. The van der Waals surface area contributed by atoms with Crippen LogP contribution in [0.1, 0.15) is 30.9 Å².